The normalized spacial score (nSPS) is 24.8. The Kier molecular flexibility index (Phi) is 12.8. The van der Waals surface area contributed by atoms with Crippen LogP contribution in [0.4, 0.5) is 4.79 Å². The number of methoxy groups -OCH3 is 1. The summed E-state index contributed by atoms with van der Waals surface area (Å²) in [6.45, 7) is 9.22. The zero-order valence-electron chi connectivity index (χ0n) is 35.2. The highest BCUT2D eigenvalue weighted by Gasteiger charge is 2.61. The maximum atomic E-state index is 14.7. The van der Waals surface area contributed by atoms with Crippen molar-refractivity contribution < 1.29 is 41.8 Å². The summed E-state index contributed by atoms with van der Waals surface area (Å²) in [5.41, 5.74) is 1.02. The summed E-state index contributed by atoms with van der Waals surface area (Å²) in [5, 5.41) is 2.78. The van der Waals surface area contributed by atoms with Crippen LogP contribution in [-0.4, -0.2) is 107 Å². The topological polar surface area (TPSA) is 191 Å². The van der Waals surface area contributed by atoms with Gasteiger partial charge in [-0.2, -0.15) is 17.7 Å². The second-order valence-corrected chi connectivity index (χ2v) is 19.1. The minimum absolute atomic E-state index is 0.00413. The fourth-order valence-electron chi connectivity index (χ4n) is 7.98. The lowest BCUT2D eigenvalue weighted by atomic mass is 9.91. The number of nitrogens with one attached hydrogen (secondary N) is 2. The first kappa shape index (κ1) is 43.5. The smallest absolute Gasteiger partial charge is 0.408 e. The van der Waals surface area contributed by atoms with Crippen molar-refractivity contribution in [3.05, 3.63) is 48.7 Å². The monoisotopic (exact) mass is 835 g/mol. The van der Waals surface area contributed by atoms with Gasteiger partial charge in [0, 0.05) is 56.4 Å². The molecule has 320 valence electrons. The predicted molar refractivity (Wildman–Crippen MR) is 221 cm³/mol. The van der Waals surface area contributed by atoms with E-state index < -0.39 is 63.1 Å². The highest BCUT2D eigenvalue weighted by molar-refractivity contribution is 7.87. The maximum Gasteiger partial charge on any atom is 0.408 e. The molecular formula is C42H57N7O9S. The number of Topliss-reactive ketones (excluding diaryl/α,β-unsaturated/α-hetero) is 1. The van der Waals surface area contributed by atoms with Crippen molar-refractivity contribution in [1.82, 2.24) is 33.8 Å². The molecule has 3 amide bonds. The van der Waals surface area contributed by atoms with E-state index in [-0.39, 0.29) is 37.8 Å². The van der Waals surface area contributed by atoms with E-state index in [4.69, 9.17) is 19.2 Å². The maximum absolute atomic E-state index is 14.7. The summed E-state index contributed by atoms with van der Waals surface area (Å²) in [6, 6.07) is 7.68. The Morgan fingerprint density at radius 1 is 1.07 bits per heavy atom. The van der Waals surface area contributed by atoms with Crippen LogP contribution in [0.1, 0.15) is 92.0 Å². The van der Waals surface area contributed by atoms with Gasteiger partial charge in [0.25, 0.3) is 6.01 Å². The molecule has 0 unspecified atom stereocenters. The van der Waals surface area contributed by atoms with Crippen LogP contribution in [-0.2, 0) is 29.3 Å². The minimum atomic E-state index is -4.15. The summed E-state index contributed by atoms with van der Waals surface area (Å²) >= 11 is 0. The number of carbonyl (C=O) groups excluding carboxylic acids is 4. The second kappa shape index (κ2) is 17.3. The Balaban J connectivity index is 1.36. The van der Waals surface area contributed by atoms with Gasteiger partial charge in [0.1, 0.15) is 23.3 Å². The molecule has 2 fully saturated rings. The lowest BCUT2D eigenvalue weighted by Gasteiger charge is -2.30. The van der Waals surface area contributed by atoms with E-state index in [1.807, 2.05) is 54.8 Å². The number of fused-ring (bicyclic) bond motifs is 3. The van der Waals surface area contributed by atoms with E-state index in [0.29, 0.717) is 36.7 Å². The molecule has 3 aliphatic rings. The van der Waals surface area contributed by atoms with Gasteiger partial charge < -0.3 is 24.4 Å². The number of benzene rings is 1. The number of amides is 3. The summed E-state index contributed by atoms with van der Waals surface area (Å²) in [4.78, 5) is 67.1. The van der Waals surface area contributed by atoms with E-state index in [1.165, 1.54) is 19.0 Å². The third kappa shape index (κ3) is 9.72. The highest BCUT2D eigenvalue weighted by atomic mass is 32.2. The fraction of sp³-hybridized carbons (Fsp3) is 0.571. The molecule has 1 saturated heterocycles. The molecule has 0 bridgehead atoms. The molecule has 59 heavy (non-hydrogen) atoms. The molecule has 1 aromatic carbocycles. The Labute approximate surface area is 346 Å². The minimum Gasteiger partial charge on any atom is -0.481 e. The number of aromatic nitrogens is 3. The highest BCUT2D eigenvalue weighted by Crippen LogP contribution is 2.57. The van der Waals surface area contributed by atoms with Crippen molar-refractivity contribution in [3.8, 4) is 23.0 Å². The number of carbonyl (C=O) groups is 4. The van der Waals surface area contributed by atoms with Gasteiger partial charge in [-0.25, -0.2) is 14.5 Å². The molecule has 6 rings (SSSR count). The molecule has 0 spiro atoms. The van der Waals surface area contributed by atoms with Gasteiger partial charge in [-0.15, -0.1) is 0 Å². The quantitative estimate of drug-likeness (QED) is 0.265. The molecule has 1 saturated carbocycles. The van der Waals surface area contributed by atoms with Crippen LogP contribution in [0.25, 0.3) is 22.2 Å². The number of ketones is 1. The lowest BCUT2D eigenvalue weighted by Crippen LogP contribution is -2.53. The van der Waals surface area contributed by atoms with Gasteiger partial charge in [-0.3, -0.25) is 19.0 Å². The number of nitrogens with zero attached hydrogens (tertiary/aromatic N) is 5. The van der Waals surface area contributed by atoms with Crippen molar-refractivity contribution in [1.29, 1.82) is 0 Å². The van der Waals surface area contributed by atoms with Crippen LogP contribution in [0.3, 0.4) is 0 Å². The zero-order chi connectivity index (χ0) is 42.9. The first-order valence-corrected chi connectivity index (χ1v) is 21.7. The fourth-order valence-corrected chi connectivity index (χ4v) is 8.60. The SMILES string of the molecule is COc1ccc(-c2cccc3c2nc(O[C@@H]2C[C@H]4C(=O)C[C@]5(C(=O)NS(=O)(=O)N(C)C)C[C@@H]5/C=C\CCCCC[C@H](NC(=O)OC(C)(C)C)C(=O)N4C2)n3C(C)C)cn1. The molecule has 4 heterocycles. The Morgan fingerprint density at radius 3 is 2.49 bits per heavy atom. The molecule has 0 radical (unpaired) electrons. The van der Waals surface area contributed by atoms with Crippen LogP contribution in [0, 0.1) is 11.3 Å². The van der Waals surface area contributed by atoms with Crippen molar-refractivity contribution in [3.63, 3.8) is 0 Å². The summed E-state index contributed by atoms with van der Waals surface area (Å²) in [6.07, 6.45) is 7.36. The number of allylic oxidation sites excluding steroid dienone is 2. The van der Waals surface area contributed by atoms with Gasteiger partial charge in [0.15, 0.2) is 5.78 Å². The first-order valence-electron chi connectivity index (χ1n) is 20.3. The van der Waals surface area contributed by atoms with Crippen molar-refractivity contribution >= 4 is 44.9 Å². The van der Waals surface area contributed by atoms with E-state index in [9.17, 15) is 27.6 Å². The van der Waals surface area contributed by atoms with Crippen LogP contribution < -0.4 is 19.5 Å². The first-order chi connectivity index (χ1) is 27.8. The lowest BCUT2D eigenvalue weighted by molar-refractivity contribution is -0.140. The van der Waals surface area contributed by atoms with Crippen molar-refractivity contribution in [2.45, 2.75) is 116 Å². The van der Waals surface area contributed by atoms with Gasteiger partial charge >= 0.3 is 16.3 Å². The van der Waals surface area contributed by atoms with E-state index in [1.54, 1.807) is 40.1 Å². The number of ether oxygens (including phenoxy) is 3. The van der Waals surface area contributed by atoms with E-state index in [2.05, 4.69) is 15.0 Å². The van der Waals surface area contributed by atoms with E-state index >= 15 is 0 Å². The summed E-state index contributed by atoms with van der Waals surface area (Å²) in [7, 11) is 0.0338. The van der Waals surface area contributed by atoms with Crippen molar-refractivity contribution in [2.75, 3.05) is 27.7 Å². The molecule has 2 aliphatic heterocycles. The van der Waals surface area contributed by atoms with Crippen molar-refractivity contribution in [2.24, 2.45) is 11.3 Å². The van der Waals surface area contributed by atoms with Crippen LogP contribution in [0.15, 0.2) is 48.7 Å². The molecule has 2 N–H and O–H groups in total. The molecule has 5 atom stereocenters. The van der Waals surface area contributed by atoms with Gasteiger partial charge in [0.2, 0.25) is 17.7 Å². The summed E-state index contributed by atoms with van der Waals surface area (Å²) < 4.78 is 48.1. The van der Waals surface area contributed by atoms with Gasteiger partial charge in [-0.1, -0.05) is 37.1 Å². The number of pyridine rings is 1. The van der Waals surface area contributed by atoms with Crippen LogP contribution in [0.2, 0.25) is 0 Å². The second-order valence-electron chi connectivity index (χ2n) is 17.2. The number of imidazole rings is 1. The molecule has 16 nitrogen and oxygen atoms in total. The van der Waals surface area contributed by atoms with Crippen LogP contribution >= 0.6 is 0 Å². The Bertz CT molecular complexity index is 2200. The predicted octanol–water partition coefficient (Wildman–Crippen LogP) is 5.34. The third-order valence-corrected chi connectivity index (χ3v) is 12.6. The Hall–Kier alpha value is -5.03. The Morgan fingerprint density at radius 2 is 1.83 bits per heavy atom. The van der Waals surface area contributed by atoms with Crippen LogP contribution in [0.5, 0.6) is 11.9 Å². The van der Waals surface area contributed by atoms with Gasteiger partial charge in [-0.05, 0) is 78.4 Å². The third-order valence-electron chi connectivity index (χ3n) is 11.1. The number of rotatable bonds is 9. The van der Waals surface area contributed by atoms with Gasteiger partial charge in [0.05, 0.1) is 30.6 Å². The molecule has 2 aromatic heterocycles. The number of alkyl carbamates (subject to hydrolysis) is 1. The number of hydrogen-bond acceptors (Lipinski definition) is 11. The number of hydrogen-bond donors (Lipinski definition) is 2. The number of para-hydroxylation sites is 1. The molecule has 17 heteroatoms. The standard InChI is InChI=1S/C42H57N7O9S/c1-26(2)49-32-18-14-16-30(27-19-20-35(56-8)43-24-27)36(32)45-39(49)57-29-21-33-34(50)23-42(38(52)46-59(54,55)47(6)7)22-28(42)15-12-10-9-11-13-17-31(37(51)48(33)25-29)44-40(53)58-41(3,4)5/h12,14-16,18-20,24,26,28-29,31,33H,9-11,13,17,21-23,25H2,1-8H3,(H,44,53)(H,46,52)/b15-12-/t28-,29+,31-,33-,42+/m0/s1. The average molecular weight is 836 g/mol. The van der Waals surface area contributed by atoms with E-state index in [0.717, 1.165) is 33.8 Å². The summed E-state index contributed by atoms with van der Waals surface area (Å²) in [5.74, 6) is -1.53. The molecular weight excluding hydrogens is 779 g/mol. The zero-order valence-corrected chi connectivity index (χ0v) is 36.0. The molecule has 1 aliphatic carbocycles. The average Bonchev–Trinajstić information content (AvgIpc) is 3.48. The molecule has 3 aromatic rings. The largest absolute Gasteiger partial charge is 0.481 e.